The molecule has 1 rings (SSSR count). The number of hydrogen-bond donors (Lipinski definition) is 3. The monoisotopic (exact) mass is 349 g/mol. The van der Waals surface area contributed by atoms with Crippen molar-refractivity contribution in [1.82, 2.24) is 5.32 Å². The lowest BCUT2D eigenvalue weighted by Crippen LogP contribution is -2.43. The molecule has 0 spiro atoms. The predicted octanol–water partition coefficient (Wildman–Crippen LogP) is 0.775. The maximum atomic E-state index is 11.8. The lowest BCUT2D eigenvalue weighted by Gasteiger charge is -2.13. The summed E-state index contributed by atoms with van der Waals surface area (Å²) in [5.41, 5.74) is 1.35. The van der Waals surface area contributed by atoms with E-state index in [0.717, 1.165) is 9.13 Å². The molecular weight excluding hydrogens is 337 g/mol. The fourth-order valence-electron chi connectivity index (χ4n) is 1.24. The summed E-state index contributed by atoms with van der Waals surface area (Å²) < 4.78 is 0.768. The Labute approximate surface area is 112 Å². The fraction of sp³-hybridized carbons (Fsp3) is 0.273. The van der Waals surface area contributed by atoms with Crippen LogP contribution in [0.2, 0.25) is 0 Å². The molecule has 0 aliphatic rings. The molecule has 92 valence electrons. The number of carboxylic acids is 1. The van der Waals surface area contributed by atoms with Crippen molar-refractivity contribution in [2.24, 2.45) is 0 Å². The largest absolute Gasteiger partial charge is 0.480 e. The van der Waals surface area contributed by atoms with Crippen LogP contribution in [0.5, 0.6) is 0 Å². The second-order valence-corrected chi connectivity index (χ2v) is 4.56. The number of hydrogen-bond acceptors (Lipinski definition) is 3. The molecule has 6 heteroatoms. The number of carboxylic acid groups (broad SMARTS) is 1. The Morgan fingerprint density at radius 3 is 2.65 bits per heavy atom. The predicted molar refractivity (Wildman–Crippen MR) is 69.9 cm³/mol. The van der Waals surface area contributed by atoms with Crippen LogP contribution in [0.15, 0.2) is 18.2 Å². The maximum absolute atomic E-state index is 11.8. The van der Waals surface area contributed by atoms with E-state index in [9.17, 15) is 9.59 Å². The SMILES string of the molecule is Cc1cccc(C(=O)NC(CO)C(=O)O)c1I. The molecule has 1 aromatic carbocycles. The third-order valence-electron chi connectivity index (χ3n) is 2.22. The number of carbonyl (C=O) groups excluding carboxylic acids is 1. The number of aliphatic carboxylic acids is 1. The van der Waals surface area contributed by atoms with E-state index in [1.807, 2.05) is 35.6 Å². The van der Waals surface area contributed by atoms with Crippen LogP contribution in [0.4, 0.5) is 0 Å². The molecule has 0 aliphatic carbocycles. The van der Waals surface area contributed by atoms with Gasteiger partial charge < -0.3 is 15.5 Å². The quantitative estimate of drug-likeness (QED) is 0.701. The van der Waals surface area contributed by atoms with Crippen molar-refractivity contribution < 1.29 is 19.8 Å². The maximum Gasteiger partial charge on any atom is 0.328 e. The zero-order chi connectivity index (χ0) is 13.0. The van der Waals surface area contributed by atoms with Crippen molar-refractivity contribution >= 4 is 34.5 Å². The van der Waals surface area contributed by atoms with Crippen LogP contribution in [0.25, 0.3) is 0 Å². The number of aliphatic hydroxyl groups excluding tert-OH is 1. The molecule has 0 saturated heterocycles. The van der Waals surface area contributed by atoms with E-state index >= 15 is 0 Å². The number of aliphatic hydroxyl groups is 1. The van der Waals surface area contributed by atoms with Gasteiger partial charge in [0, 0.05) is 3.57 Å². The van der Waals surface area contributed by atoms with Crippen molar-refractivity contribution in [3.63, 3.8) is 0 Å². The van der Waals surface area contributed by atoms with Gasteiger partial charge in [-0.25, -0.2) is 4.79 Å². The van der Waals surface area contributed by atoms with E-state index in [1.54, 1.807) is 12.1 Å². The topological polar surface area (TPSA) is 86.6 Å². The number of carbonyl (C=O) groups is 2. The van der Waals surface area contributed by atoms with Gasteiger partial charge in [-0.3, -0.25) is 4.79 Å². The molecule has 0 bridgehead atoms. The number of nitrogens with one attached hydrogen (secondary N) is 1. The third kappa shape index (κ3) is 3.40. The van der Waals surface area contributed by atoms with Crippen LogP contribution in [0, 0.1) is 10.5 Å². The molecule has 1 aromatic rings. The first kappa shape index (κ1) is 13.9. The second kappa shape index (κ2) is 5.97. The number of halogens is 1. The van der Waals surface area contributed by atoms with E-state index in [-0.39, 0.29) is 0 Å². The van der Waals surface area contributed by atoms with E-state index in [0.29, 0.717) is 5.56 Å². The van der Waals surface area contributed by atoms with E-state index in [4.69, 9.17) is 10.2 Å². The molecule has 0 heterocycles. The number of rotatable bonds is 4. The van der Waals surface area contributed by atoms with Crippen molar-refractivity contribution in [2.45, 2.75) is 13.0 Å². The average molecular weight is 349 g/mol. The van der Waals surface area contributed by atoms with Crippen LogP contribution in [0.3, 0.4) is 0 Å². The molecule has 0 radical (unpaired) electrons. The summed E-state index contributed by atoms with van der Waals surface area (Å²) in [5.74, 6) is -1.76. The lowest BCUT2D eigenvalue weighted by molar-refractivity contribution is -0.140. The van der Waals surface area contributed by atoms with E-state index in [2.05, 4.69) is 5.32 Å². The smallest absolute Gasteiger partial charge is 0.328 e. The van der Waals surface area contributed by atoms with Gasteiger partial charge in [-0.2, -0.15) is 0 Å². The van der Waals surface area contributed by atoms with Gasteiger partial charge in [0.2, 0.25) is 0 Å². The number of amides is 1. The van der Waals surface area contributed by atoms with Gasteiger partial charge in [-0.05, 0) is 41.1 Å². The Morgan fingerprint density at radius 2 is 2.12 bits per heavy atom. The highest BCUT2D eigenvalue weighted by atomic mass is 127. The third-order valence-corrected chi connectivity index (χ3v) is 3.65. The molecule has 0 aromatic heterocycles. The highest BCUT2D eigenvalue weighted by Crippen LogP contribution is 2.16. The Morgan fingerprint density at radius 1 is 1.47 bits per heavy atom. The molecule has 0 saturated carbocycles. The summed E-state index contributed by atoms with van der Waals surface area (Å²) in [6.07, 6.45) is 0. The Bertz CT molecular complexity index is 447. The fourth-order valence-corrected chi connectivity index (χ4v) is 1.85. The van der Waals surface area contributed by atoms with Gasteiger partial charge >= 0.3 is 5.97 Å². The van der Waals surface area contributed by atoms with Gasteiger partial charge in [0.05, 0.1) is 12.2 Å². The highest BCUT2D eigenvalue weighted by molar-refractivity contribution is 14.1. The Hall–Kier alpha value is -1.15. The second-order valence-electron chi connectivity index (χ2n) is 3.48. The molecule has 0 fully saturated rings. The summed E-state index contributed by atoms with van der Waals surface area (Å²) >= 11 is 2.03. The van der Waals surface area contributed by atoms with Crippen LogP contribution in [-0.4, -0.2) is 34.7 Å². The standard InChI is InChI=1S/C11H12INO4/c1-6-3-2-4-7(9(6)12)10(15)13-8(5-14)11(16)17/h2-4,8,14H,5H2,1H3,(H,13,15)(H,16,17). The summed E-state index contributed by atoms with van der Waals surface area (Å²) in [5, 5.41) is 19.8. The van der Waals surface area contributed by atoms with Gasteiger partial charge in [0.25, 0.3) is 5.91 Å². The summed E-state index contributed by atoms with van der Waals surface area (Å²) in [6, 6.07) is 3.92. The molecule has 0 aliphatic heterocycles. The molecule has 5 nitrogen and oxygen atoms in total. The van der Waals surface area contributed by atoms with Crippen molar-refractivity contribution in [3.8, 4) is 0 Å². The first-order chi connectivity index (χ1) is 7.97. The molecule has 1 unspecified atom stereocenters. The van der Waals surface area contributed by atoms with E-state index in [1.165, 1.54) is 0 Å². The normalized spacial score (nSPS) is 11.9. The van der Waals surface area contributed by atoms with Crippen molar-refractivity contribution in [2.75, 3.05) is 6.61 Å². The molecular formula is C11H12INO4. The van der Waals surface area contributed by atoms with Crippen LogP contribution >= 0.6 is 22.6 Å². The van der Waals surface area contributed by atoms with Crippen molar-refractivity contribution in [3.05, 3.63) is 32.9 Å². The number of benzene rings is 1. The first-order valence-electron chi connectivity index (χ1n) is 4.87. The molecule has 17 heavy (non-hydrogen) atoms. The number of aryl methyl sites for hydroxylation is 1. The van der Waals surface area contributed by atoms with Crippen LogP contribution < -0.4 is 5.32 Å². The minimum absolute atomic E-state index is 0.408. The molecule has 1 amide bonds. The van der Waals surface area contributed by atoms with E-state index < -0.39 is 24.5 Å². The van der Waals surface area contributed by atoms with Crippen molar-refractivity contribution in [1.29, 1.82) is 0 Å². The lowest BCUT2D eigenvalue weighted by atomic mass is 10.1. The van der Waals surface area contributed by atoms with Gasteiger partial charge in [-0.1, -0.05) is 12.1 Å². The minimum Gasteiger partial charge on any atom is -0.480 e. The summed E-state index contributed by atoms with van der Waals surface area (Å²) in [4.78, 5) is 22.5. The van der Waals surface area contributed by atoms with Crippen LogP contribution in [-0.2, 0) is 4.79 Å². The Balaban J connectivity index is 2.90. The first-order valence-corrected chi connectivity index (χ1v) is 5.95. The summed E-state index contributed by atoms with van der Waals surface area (Å²) in [6.45, 7) is 1.22. The molecule has 3 N–H and O–H groups in total. The average Bonchev–Trinajstić information content (AvgIpc) is 2.28. The zero-order valence-electron chi connectivity index (χ0n) is 9.11. The minimum atomic E-state index is -1.28. The summed E-state index contributed by atoms with van der Waals surface area (Å²) in [7, 11) is 0. The van der Waals surface area contributed by atoms with Gasteiger partial charge in [0.1, 0.15) is 0 Å². The molecule has 1 atom stereocenters. The highest BCUT2D eigenvalue weighted by Gasteiger charge is 2.20. The van der Waals surface area contributed by atoms with Gasteiger partial charge in [0.15, 0.2) is 6.04 Å². The van der Waals surface area contributed by atoms with Gasteiger partial charge in [-0.15, -0.1) is 0 Å². The Kier molecular flexibility index (Phi) is 4.88. The van der Waals surface area contributed by atoms with Crippen LogP contribution in [0.1, 0.15) is 15.9 Å². The zero-order valence-corrected chi connectivity index (χ0v) is 11.3.